The Balaban J connectivity index is 1.67. The molecule has 34 heavy (non-hydrogen) atoms. The van der Waals surface area contributed by atoms with Crippen molar-refractivity contribution in [3.05, 3.63) is 108 Å². The molecule has 0 aromatic heterocycles. The van der Waals surface area contributed by atoms with E-state index >= 15 is 0 Å². The maximum atomic E-state index is 13.4. The van der Waals surface area contributed by atoms with Gasteiger partial charge in [0.1, 0.15) is 5.60 Å². The average Bonchev–Trinajstić information content (AvgIpc) is 3.23. The lowest BCUT2D eigenvalue weighted by Gasteiger charge is -2.37. The third kappa shape index (κ3) is 6.57. The Hall–Kier alpha value is -2.91. The zero-order chi connectivity index (χ0) is 24.0. The summed E-state index contributed by atoms with van der Waals surface area (Å²) in [5.41, 5.74) is 3.39. The number of hydrogen-bond acceptors (Lipinski definition) is 3. The lowest BCUT2D eigenvalue weighted by Crippen LogP contribution is -2.45. The molecule has 178 valence electrons. The molecule has 3 heteroatoms. The van der Waals surface area contributed by atoms with Gasteiger partial charge in [-0.15, -0.1) is 0 Å². The molecule has 1 aliphatic carbocycles. The minimum absolute atomic E-state index is 0.0563. The van der Waals surface area contributed by atoms with E-state index in [0.29, 0.717) is 5.92 Å². The van der Waals surface area contributed by atoms with Gasteiger partial charge in [-0.05, 0) is 62.6 Å². The van der Waals surface area contributed by atoms with Crippen LogP contribution in [-0.4, -0.2) is 22.5 Å². The first-order valence-electron chi connectivity index (χ1n) is 12.5. The standard InChI is InChI=1S/C31H37NO2/c1-31(2,3)34-30(33)28-20-19-27(21-24-13-7-4-8-14-24)29(28)32(22-25-15-9-5-10-16-25)23-26-17-11-6-12-18-26/h4-18,27-29H,19-23H2,1-3H3/t27-,28+,29-/m0/s1. The maximum Gasteiger partial charge on any atom is 0.311 e. The van der Waals surface area contributed by atoms with Gasteiger partial charge in [-0.3, -0.25) is 9.69 Å². The summed E-state index contributed by atoms with van der Waals surface area (Å²) in [6.45, 7) is 7.50. The lowest BCUT2D eigenvalue weighted by molar-refractivity contribution is -0.162. The molecule has 3 aromatic carbocycles. The molecule has 0 aliphatic heterocycles. The Morgan fingerprint density at radius 1 is 0.765 bits per heavy atom. The zero-order valence-electron chi connectivity index (χ0n) is 20.7. The van der Waals surface area contributed by atoms with Crippen LogP contribution in [0.3, 0.4) is 0 Å². The van der Waals surface area contributed by atoms with Gasteiger partial charge in [-0.1, -0.05) is 91.0 Å². The van der Waals surface area contributed by atoms with Gasteiger partial charge in [-0.25, -0.2) is 0 Å². The second-order valence-electron chi connectivity index (χ2n) is 10.5. The topological polar surface area (TPSA) is 29.5 Å². The summed E-state index contributed by atoms with van der Waals surface area (Å²) >= 11 is 0. The number of nitrogens with zero attached hydrogens (tertiary/aromatic N) is 1. The molecular weight excluding hydrogens is 418 g/mol. The van der Waals surface area contributed by atoms with Crippen LogP contribution in [0.25, 0.3) is 0 Å². The lowest BCUT2D eigenvalue weighted by atomic mass is 9.89. The molecule has 1 aliphatic rings. The highest BCUT2D eigenvalue weighted by atomic mass is 16.6. The fraction of sp³-hybridized carbons (Fsp3) is 0.387. The predicted octanol–water partition coefficient (Wildman–Crippen LogP) is 6.67. The van der Waals surface area contributed by atoms with Crippen molar-refractivity contribution >= 4 is 5.97 Å². The van der Waals surface area contributed by atoms with Crippen molar-refractivity contribution in [1.29, 1.82) is 0 Å². The molecule has 0 N–H and O–H groups in total. The number of hydrogen-bond donors (Lipinski definition) is 0. The molecular formula is C31H37NO2. The van der Waals surface area contributed by atoms with E-state index in [-0.39, 0.29) is 17.9 Å². The second kappa shape index (κ2) is 11.0. The Labute approximate surface area is 204 Å². The molecule has 0 heterocycles. The van der Waals surface area contributed by atoms with Gasteiger partial charge in [0.05, 0.1) is 5.92 Å². The number of carbonyl (C=O) groups is 1. The van der Waals surface area contributed by atoms with Crippen molar-refractivity contribution in [3.63, 3.8) is 0 Å². The molecule has 1 fully saturated rings. The number of rotatable bonds is 8. The van der Waals surface area contributed by atoms with Crippen LogP contribution in [0.1, 0.15) is 50.3 Å². The molecule has 3 atom stereocenters. The van der Waals surface area contributed by atoms with E-state index in [1.807, 2.05) is 20.8 Å². The Kier molecular flexibility index (Phi) is 7.84. The van der Waals surface area contributed by atoms with Crippen LogP contribution in [-0.2, 0) is 29.0 Å². The smallest absolute Gasteiger partial charge is 0.311 e. The average molecular weight is 456 g/mol. The summed E-state index contributed by atoms with van der Waals surface area (Å²) in [7, 11) is 0. The Morgan fingerprint density at radius 2 is 1.24 bits per heavy atom. The van der Waals surface area contributed by atoms with Crippen molar-refractivity contribution in [3.8, 4) is 0 Å². The van der Waals surface area contributed by atoms with Crippen LogP contribution in [0.5, 0.6) is 0 Å². The van der Waals surface area contributed by atoms with Crippen molar-refractivity contribution in [2.24, 2.45) is 11.8 Å². The highest BCUT2D eigenvalue weighted by Gasteiger charge is 2.45. The first kappa shape index (κ1) is 24.2. The maximum absolute atomic E-state index is 13.4. The third-order valence-corrected chi connectivity index (χ3v) is 6.67. The van der Waals surface area contributed by atoms with Crippen LogP contribution in [0.4, 0.5) is 0 Å². The van der Waals surface area contributed by atoms with Crippen LogP contribution >= 0.6 is 0 Å². The van der Waals surface area contributed by atoms with Crippen LogP contribution in [0.2, 0.25) is 0 Å². The van der Waals surface area contributed by atoms with E-state index in [0.717, 1.165) is 32.4 Å². The number of esters is 1. The van der Waals surface area contributed by atoms with E-state index < -0.39 is 5.60 Å². The SMILES string of the molecule is CC(C)(C)OC(=O)[C@@H]1CC[C@@H](Cc2ccccc2)[C@@H]1N(Cc1ccccc1)Cc1ccccc1. The molecule has 0 saturated heterocycles. The van der Waals surface area contributed by atoms with E-state index in [1.165, 1.54) is 16.7 Å². The minimum atomic E-state index is -0.483. The van der Waals surface area contributed by atoms with Gasteiger partial charge in [0.15, 0.2) is 0 Å². The van der Waals surface area contributed by atoms with Gasteiger partial charge in [0.25, 0.3) is 0 Å². The van der Waals surface area contributed by atoms with E-state index in [4.69, 9.17) is 4.74 Å². The van der Waals surface area contributed by atoms with Crippen molar-refractivity contribution < 1.29 is 9.53 Å². The zero-order valence-corrected chi connectivity index (χ0v) is 20.7. The number of benzene rings is 3. The van der Waals surface area contributed by atoms with Crippen molar-refractivity contribution in [2.45, 2.75) is 64.8 Å². The first-order chi connectivity index (χ1) is 16.4. The highest BCUT2D eigenvalue weighted by Crippen LogP contribution is 2.40. The van der Waals surface area contributed by atoms with Crippen molar-refractivity contribution in [2.75, 3.05) is 0 Å². The summed E-state index contributed by atoms with van der Waals surface area (Å²) in [5, 5.41) is 0. The summed E-state index contributed by atoms with van der Waals surface area (Å²) in [5.74, 6) is 0.215. The molecule has 3 aromatic rings. The monoisotopic (exact) mass is 455 g/mol. The molecule has 0 amide bonds. The van der Waals surface area contributed by atoms with Gasteiger partial charge < -0.3 is 4.74 Å². The summed E-state index contributed by atoms with van der Waals surface area (Å²) in [4.78, 5) is 16.0. The second-order valence-corrected chi connectivity index (χ2v) is 10.5. The third-order valence-electron chi connectivity index (χ3n) is 6.67. The van der Waals surface area contributed by atoms with Crippen LogP contribution < -0.4 is 0 Å². The normalized spacial score (nSPS) is 20.4. The molecule has 0 bridgehead atoms. The quantitative estimate of drug-likeness (QED) is 0.355. The van der Waals surface area contributed by atoms with Gasteiger partial charge in [0, 0.05) is 19.1 Å². The highest BCUT2D eigenvalue weighted by molar-refractivity contribution is 5.74. The van der Waals surface area contributed by atoms with Gasteiger partial charge in [-0.2, -0.15) is 0 Å². The predicted molar refractivity (Wildman–Crippen MR) is 138 cm³/mol. The Morgan fingerprint density at radius 3 is 1.71 bits per heavy atom. The van der Waals surface area contributed by atoms with E-state index in [9.17, 15) is 4.79 Å². The largest absolute Gasteiger partial charge is 0.460 e. The first-order valence-corrected chi connectivity index (χ1v) is 12.5. The minimum Gasteiger partial charge on any atom is -0.460 e. The van der Waals surface area contributed by atoms with Crippen LogP contribution in [0, 0.1) is 11.8 Å². The fourth-order valence-corrected chi connectivity index (χ4v) is 5.29. The van der Waals surface area contributed by atoms with E-state index in [2.05, 4.69) is 95.9 Å². The molecule has 0 spiro atoms. The summed E-state index contributed by atoms with van der Waals surface area (Å²) < 4.78 is 5.94. The molecule has 1 saturated carbocycles. The van der Waals surface area contributed by atoms with Gasteiger partial charge in [0.2, 0.25) is 0 Å². The molecule has 4 rings (SSSR count). The number of ether oxygens (including phenoxy) is 1. The molecule has 0 radical (unpaired) electrons. The van der Waals surface area contributed by atoms with Crippen LogP contribution in [0.15, 0.2) is 91.0 Å². The van der Waals surface area contributed by atoms with Gasteiger partial charge >= 0.3 is 5.97 Å². The number of carbonyl (C=O) groups excluding carboxylic acids is 1. The summed E-state index contributed by atoms with van der Waals surface area (Å²) in [6.07, 6.45) is 2.88. The molecule has 0 unspecified atom stereocenters. The van der Waals surface area contributed by atoms with E-state index in [1.54, 1.807) is 0 Å². The van der Waals surface area contributed by atoms with Crippen molar-refractivity contribution in [1.82, 2.24) is 4.90 Å². The Bertz CT molecular complexity index is 986. The summed E-state index contributed by atoms with van der Waals surface area (Å²) in [6, 6.07) is 32.0. The fourth-order valence-electron chi connectivity index (χ4n) is 5.29. The molecule has 3 nitrogen and oxygen atoms in total.